The van der Waals surface area contributed by atoms with Crippen molar-refractivity contribution in [1.82, 2.24) is 4.90 Å². The van der Waals surface area contributed by atoms with Crippen molar-refractivity contribution < 1.29 is 14.5 Å². The second-order valence-electron chi connectivity index (χ2n) is 9.15. The molecule has 2 aliphatic rings. The van der Waals surface area contributed by atoms with Crippen LogP contribution in [0.5, 0.6) is 0 Å². The summed E-state index contributed by atoms with van der Waals surface area (Å²) in [6, 6.07) is 14.5. The molecule has 1 aliphatic heterocycles. The molecule has 2 aromatic rings. The third kappa shape index (κ3) is 4.75. The zero-order chi connectivity index (χ0) is 23.5. The Morgan fingerprint density at radius 1 is 0.970 bits per heavy atom. The number of hydrogen-bond acceptors (Lipinski definition) is 6. The van der Waals surface area contributed by atoms with Gasteiger partial charge in [-0.3, -0.25) is 19.7 Å². The van der Waals surface area contributed by atoms with Gasteiger partial charge in [-0.25, -0.2) is 4.90 Å². The molecule has 0 N–H and O–H groups in total. The van der Waals surface area contributed by atoms with Crippen LogP contribution in [0.4, 0.5) is 17.1 Å². The molecule has 174 valence electrons. The molecule has 0 spiro atoms. The van der Waals surface area contributed by atoms with Crippen molar-refractivity contribution in [1.29, 1.82) is 0 Å². The predicted octanol–water partition coefficient (Wildman–Crippen LogP) is 3.84. The summed E-state index contributed by atoms with van der Waals surface area (Å²) in [6.45, 7) is 1.83. The maximum atomic E-state index is 13.0. The first-order valence-electron chi connectivity index (χ1n) is 11.5. The van der Waals surface area contributed by atoms with E-state index in [2.05, 4.69) is 0 Å². The molecule has 1 saturated carbocycles. The lowest BCUT2D eigenvalue weighted by Gasteiger charge is -2.27. The Hall–Kier alpha value is -3.26. The Morgan fingerprint density at radius 3 is 2.18 bits per heavy atom. The van der Waals surface area contributed by atoms with Crippen LogP contribution in [0.25, 0.3) is 0 Å². The number of benzene rings is 2. The normalized spacial score (nSPS) is 20.3. The fourth-order valence-corrected chi connectivity index (χ4v) is 4.89. The van der Waals surface area contributed by atoms with Crippen LogP contribution < -0.4 is 9.80 Å². The second kappa shape index (κ2) is 9.70. The summed E-state index contributed by atoms with van der Waals surface area (Å²) in [6.07, 6.45) is 3.30. The highest BCUT2D eigenvalue weighted by Gasteiger charge is 2.49. The van der Waals surface area contributed by atoms with Gasteiger partial charge in [0.2, 0.25) is 11.8 Å². The molecule has 1 aliphatic carbocycles. The Morgan fingerprint density at radius 2 is 1.61 bits per heavy atom. The van der Waals surface area contributed by atoms with Gasteiger partial charge in [-0.2, -0.15) is 0 Å². The molecule has 0 unspecified atom stereocenters. The SMILES string of the molecule is CN(C)CCN(Cc1ccccc1)c1ccc(N2C(=O)[C@H]3CCCC[C@H]3C2=O)cc1[N+](=O)[O-]. The van der Waals surface area contributed by atoms with Crippen molar-refractivity contribution in [3.63, 3.8) is 0 Å². The van der Waals surface area contributed by atoms with Gasteiger partial charge in [0, 0.05) is 25.7 Å². The lowest BCUT2D eigenvalue weighted by molar-refractivity contribution is -0.384. The number of anilines is 2. The van der Waals surface area contributed by atoms with Gasteiger partial charge in [0.1, 0.15) is 5.69 Å². The first-order valence-corrected chi connectivity index (χ1v) is 11.5. The minimum atomic E-state index is -0.426. The van der Waals surface area contributed by atoms with Crippen molar-refractivity contribution in [2.45, 2.75) is 32.2 Å². The standard InChI is InChI=1S/C25H30N4O4/c1-26(2)14-15-27(17-18-8-4-3-5-9-18)22-13-12-19(16-23(22)29(32)33)28-24(30)20-10-6-7-11-21(20)25(28)31/h3-5,8-9,12-13,16,20-21H,6-7,10-11,14-15,17H2,1-2H3/t20-,21+. The number of carbonyl (C=O) groups is 2. The van der Waals surface area contributed by atoms with E-state index in [1.54, 1.807) is 12.1 Å². The van der Waals surface area contributed by atoms with Crippen LogP contribution in [0.1, 0.15) is 31.2 Å². The lowest BCUT2D eigenvalue weighted by Crippen LogP contribution is -2.33. The number of likely N-dealkylation sites (N-methyl/N-ethyl adjacent to an activating group) is 1. The van der Waals surface area contributed by atoms with E-state index in [0.717, 1.165) is 24.9 Å². The fraction of sp³-hybridized carbons (Fsp3) is 0.440. The van der Waals surface area contributed by atoms with Crippen molar-refractivity contribution in [2.24, 2.45) is 11.8 Å². The largest absolute Gasteiger partial charge is 0.360 e. The highest BCUT2D eigenvalue weighted by atomic mass is 16.6. The summed E-state index contributed by atoms with van der Waals surface area (Å²) in [5.41, 5.74) is 1.72. The molecule has 0 radical (unpaired) electrons. The van der Waals surface area contributed by atoms with Crippen molar-refractivity contribution in [3.05, 3.63) is 64.2 Å². The van der Waals surface area contributed by atoms with E-state index in [0.29, 0.717) is 37.3 Å². The van der Waals surface area contributed by atoms with Gasteiger partial charge in [0.15, 0.2) is 0 Å². The molecule has 33 heavy (non-hydrogen) atoms. The summed E-state index contributed by atoms with van der Waals surface area (Å²) in [5.74, 6) is -1.03. The smallest absolute Gasteiger partial charge is 0.294 e. The first-order chi connectivity index (χ1) is 15.9. The van der Waals surface area contributed by atoms with Crippen LogP contribution in [-0.4, -0.2) is 48.8 Å². The molecule has 2 fully saturated rings. The molecular weight excluding hydrogens is 420 g/mol. The van der Waals surface area contributed by atoms with Crippen LogP contribution in [0, 0.1) is 22.0 Å². The van der Waals surface area contributed by atoms with E-state index in [-0.39, 0.29) is 29.3 Å². The van der Waals surface area contributed by atoms with Gasteiger partial charge in [0.25, 0.3) is 5.69 Å². The third-order valence-electron chi connectivity index (χ3n) is 6.63. The summed E-state index contributed by atoms with van der Waals surface area (Å²) >= 11 is 0. The number of hydrogen-bond donors (Lipinski definition) is 0. The highest BCUT2D eigenvalue weighted by molar-refractivity contribution is 6.22. The van der Waals surface area contributed by atoms with Gasteiger partial charge in [-0.1, -0.05) is 43.2 Å². The van der Waals surface area contributed by atoms with Gasteiger partial charge in [-0.05, 0) is 44.6 Å². The predicted molar refractivity (Wildman–Crippen MR) is 127 cm³/mol. The minimum Gasteiger partial charge on any atom is -0.360 e. The van der Waals surface area contributed by atoms with E-state index in [1.165, 1.54) is 11.0 Å². The molecule has 4 rings (SSSR count). The average Bonchev–Trinajstić information content (AvgIpc) is 3.07. The summed E-state index contributed by atoms with van der Waals surface area (Å²) in [4.78, 5) is 42.8. The van der Waals surface area contributed by atoms with E-state index >= 15 is 0 Å². The summed E-state index contributed by atoms with van der Waals surface area (Å²) in [7, 11) is 3.92. The Bertz CT molecular complexity index is 1020. The Kier molecular flexibility index (Phi) is 6.74. The molecule has 0 bridgehead atoms. The molecule has 0 aromatic heterocycles. The molecule has 2 aromatic carbocycles. The highest BCUT2D eigenvalue weighted by Crippen LogP contribution is 2.42. The number of fused-ring (bicyclic) bond motifs is 1. The van der Waals surface area contributed by atoms with Crippen molar-refractivity contribution in [3.8, 4) is 0 Å². The van der Waals surface area contributed by atoms with E-state index < -0.39 is 4.92 Å². The number of rotatable bonds is 8. The zero-order valence-electron chi connectivity index (χ0n) is 19.1. The van der Waals surface area contributed by atoms with Crippen molar-refractivity contribution in [2.75, 3.05) is 37.0 Å². The molecule has 8 nitrogen and oxygen atoms in total. The number of imide groups is 1. The molecule has 1 saturated heterocycles. The zero-order valence-corrected chi connectivity index (χ0v) is 19.1. The van der Waals surface area contributed by atoms with E-state index in [4.69, 9.17) is 0 Å². The van der Waals surface area contributed by atoms with Gasteiger partial charge >= 0.3 is 0 Å². The van der Waals surface area contributed by atoms with Crippen LogP contribution in [0.15, 0.2) is 48.5 Å². The van der Waals surface area contributed by atoms with Gasteiger partial charge < -0.3 is 9.80 Å². The van der Waals surface area contributed by atoms with Gasteiger partial charge in [-0.15, -0.1) is 0 Å². The number of nitro benzene ring substituents is 1. The monoisotopic (exact) mass is 450 g/mol. The number of amides is 2. The van der Waals surface area contributed by atoms with Crippen LogP contribution >= 0.6 is 0 Å². The molecule has 8 heteroatoms. The van der Waals surface area contributed by atoms with Crippen LogP contribution in [-0.2, 0) is 16.1 Å². The molecule has 1 heterocycles. The first kappa shape index (κ1) is 22.9. The fourth-order valence-electron chi connectivity index (χ4n) is 4.89. The lowest BCUT2D eigenvalue weighted by atomic mass is 9.81. The summed E-state index contributed by atoms with van der Waals surface area (Å²) < 4.78 is 0. The summed E-state index contributed by atoms with van der Waals surface area (Å²) in [5, 5.41) is 12.1. The molecular formula is C25H30N4O4. The topological polar surface area (TPSA) is 87.0 Å². The maximum absolute atomic E-state index is 13.0. The molecule has 2 atom stereocenters. The Labute approximate surface area is 193 Å². The van der Waals surface area contributed by atoms with Crippen LogP contribution in [0.2, 0.25) is 0 Å². The number of nitro groups is 1. The minimum absolute atomic E-state index is 0.0994. The van der Waals surface area contributed by atoms with E-state index in [1.807, 2.05) is 54.2 Å². The van der Waals surface area contributed by atoms with Crippen molar-refractivity contribution >= 4 is 28.9 Å². The second-order valence-corrected chi connectivity index (χ2v) is 9.15. The molecule has 2 amide bonds. The maximum Gasteiger partial charge on any atom is 0.294 e. The number of carbonyl (C=O) groups excluding carboxylic acids is 2. The van der Waals surface area contributed by atoms with Gasteiger partial charge in [0.05, 0.1) is 22.4 Å². The quantitative estimate of drug-likeness (QED) is 0.345. The third-order valence-corrected chi connectivity index (χ3v) is 6.63. The Balaban J connectivity index is 1.68. The van der Waals surface area contributed by atoms with E-state index in [9.17, 15) is 19.7 Å². The average molecular weight is 451 g/mol. The number of nitrogens with zero attached hydrogens (tertiary/aromatic N) is 4. The van der Waals surface area contributed by atoms with Crippen LogP contribution in [0.3, 0.4) is 0 Å².